The van der Waals surface area contributed by atoms with E-state index in [2.05, 4.69) is 34.4 Å². The minimum atomic E-state index is -0.193. The van der Waals surface area contributed by atoms with Gasteiger partial charge in [-0.25, -0.2) is 14.8 Å². The molecule has 2 amide bonds. The summed E-state index contributed by atoms with van der Waals surface area (Å²) < 4.78 is 6.31. The Balaban J connectivity index is 1.77. The van der Waals surface area contributed by atoms with E-state index in [4.69, 9.17) is 9.73 Å². The van der Waals surface area contributed by atoms with Crippen molar-refractivity contribution in [1.82, 2.24) is 14.9 Å². The lowest BCUT2D eigenvalue weighted by Crippen LogP contribution is -2.27. The average Bonchev–Trinajstić information content (AvgIpc) is 3.06. The molecule has 0 radical (unpaired) electrons. The molecule has 4 rings (SSSR count). The van der Waals surface area contributed by atoms with Crippen LogP contribution in [0.4, 0.5) is 15.7 Å². The fourth-order valence-corrected chi connectivity index (χ4v) is 5.08. The maximum absolute atomic E-state index is 12.2. The molecule has 0 aromatic carbocycles. The van der Waals surface area contributed by atoms with Gasteiger partial charge in [-0.05, 0) is 37.3 Å². The number of fused-ring (bicyclic) bond motifs is 2. The molecule has 0 fully saturated rings. The summed E-state index contributed by atoms with van der Waals surface area (Å²) in [6, 6.07) is 3.82. The first kappa shape index (κ1) is 22.3. The predicted octanol–water partition coefficient (Wildman–Crippen LogP) is 4.47. The average molecular weight is 455 g/mol. The van der Waals surface area contributed by atoms with E-state index in [-0.39, 0.29) is 11.9 Å². The second-order valence-corrected chi connectivity index (χ2v) is 9.48. The zero-order chi connectivity index (χ0) is 22.8. The molecule has 2 aliphatic heterocycles. The molecule has 2 aromatic rings. The van der Waals surface area contributed by atoms with Crippen LogP contribution in [0.15, 0.2) is 29.1 Å². The summed E-state index contributed by atoms with van der Waals surface area (Å²) in [6.07, 6.45) is 2.79. The van der Waals surface area contributed by atoms with Gasteiger partial charge >= 0.3 is 6.03 Å². The van der Waals surface area contributed by atoms with Gasteiger partial charge in [0.2, 0.25) is 0 Å². The number of pyridine rings is 1. The van der Waals surface area contributed by atoms with Gasteiger partial charge in [0.15, 0.2) is 10.9 Å². The number of amides is 2. The summed E-state index contributed by atoms with van der Waals surface area (Å²) in [5.74, 6) is 2.37. The number of rotatable bonds is 5. The summed E-state index contributed by atoms with van der Waals surface area (Å²) in [7, 11) is 3.43. The summed E-state index contributed by atoms with van der Waals surface area (Å²) in [6.45, 7) is 8.42. The van der Waals surface area contributed by atoms with Crippen LogP contribution < -0.4 is 10.6 Å². The number of aromatic nitrogens is 2. The van der Waals surface area contributed by atoms with E-state index in [1.165, 1.54) is 16.2 Å². The number of anilines is 2. The lowest BCUT2D eigenvalue weighted by atomic mass is 9.82. The van der Waals surface area contributed by atoms with E-state index < -0.39 is 0 Å². The topological polar surface area (TPSA) is 91.7 Å². The van der Waals surface area contributed by atoms with Gasteiger partial charge < -0.3 is 15.0 Å². The Morgan fingerprint density at radius 1 is 1.34 bits per heavy atom. The molecule has 9 heteroatoms. The van der Waals surface area contributed by atoms with Gasteiger partial charge in [-0.2, -0.15) is 0 Å². The monoisotopic (exact) mass is 454 g/mol. The molecule has 170 valence electrons. The molecule has 32 heavy (non-hydrogen) atoms. The number of carbonyl (C=O) groups is 1. The van der Waals surface area contributed by atoms with E-state index in [0.29, 0.717) is 17.7 Å². The first-order valence-corrected chi connectivity index (χ1v) is 11.8. The minimum Gasteiger partial charge on any atom is -0.485 e. The van der Waals surface area contributed by atoms with Crippen LogP contribution in [0.2, 0.25) is 0 Å². The van der Waals surface area contributed by atoms with E-state index >= 15 is 0 Å². The van der Waals surface area contributed by atoms with Gasteiger partial charge in [0.05, 0.1) is 10.6 Å². The zero-order valence-electron chi connectivity index (χ0n) is 19.2. The molecule has 4 heterocycles. The van der Waals surface area contributed by atoms with Crippen molar-refractivity contribution in [2.75, 3.05) is 37.8 Å². The molecule has 8 nitrogen and oxygen atoms in total. The van der Waals surface area contributed by atoms with Gasteiger partial charge in [-0.3, -0.25) is 10.3 Å². The maximum atomic E-state index is 12.2. The second kappa shape index (κ2) is 9.28. The van der Waals surface area contributed by atoms with Crippen LogP contribution in [0, 0.1) is 11.8 Å². The van der Waals surface area contributed by atoms with Crippen LogP contribution in [0.5, 0.6) is 0 Å². The Hall–Kier alpha value is -2.94. The SMILES string of the molecule is CCNc1ccc(C2=NCCC(C(C)C)C3=C2OCc2nc(NC(=O)N(C)C)sc23)cn1. The van der Waals surface area contributed by atoms with Crippen LogP contribution in [0.1, 0.15) is 43.3 Å². The Morgan fingerprint density at radius 2 is 2.16 bits per heavy atom. The second-order valence-electron chi connectivity index (χ2n) is 8.48. The van der Waals surface area contributed by atoms with E-state index in [9.17, 15) is 4.79 Å². The molecule has 0 spiro atoms. The van der Waals surface area contributed by atoms with Crippen LogP contribution in [0.25, 0.3) is 5.57 Å². The number of hydrogen-bond donors (Lipinski definition) is 2. The smallest absolute Gasteiger partial charge is 0.323 e. The Labute approximate surface area is 192 Å². The van der Waals surface area contributed by atoms with Gasteiger partial charge in [-0.1, -0.05) is 25.2 Å². The van der Waals surface area contributed by atoms with Gasteiger partial charge in [-0.15, -0.1) is 0 Å². The molecule has 0 aliphatic carbocycles. The number of urea groups is 1. The third-order valence-corrected chi connectivity index (χ3v) is 6.70. The standard InChI is InChI=1S/C23H30N6O2S/c1-6-24-17-8-7-14(11-26-17)19-20-18(15(13(2)3)9-10-25-19)21-16(12-31-20)27-22(32-21)28-23(30)29(4)5/h7-8,11,13,15H,6,9-10,12H2,1-5H3,(H,24,26)(H,27,28,30). The lowest BCUT2D eigenvalue weighted by Gasteiger charge is -2.27. The van der Waals surface area contributed by atoms with Crippen molar-refractivity contribution < 1.29 is 9.53 Å². The molecule has 0 saturated heterocycles. The van der Waals surface area contributed by atoms with Crippen molar-refractivity contribution in [3.8, 4) is 0 Å². The van der Waals surface area contributed by atoms with Crippen molar-refractivity contribution in [2.24, 2.45) is 16.8 Å². The Bertz CT molecular complexity index is 1050. The van der Waals surface area contributed by atoms with E-state index in [1.54, 1.807) is 14.1 Å². The van der Waals surface area contributed by atoms with Gasteiger partial charge in [0.1, 0.15) is 18.1 Å². The quantitative estimate of drug-likeness (QED) is 0.695. The van der Waals surface area contributed by atoms with Crippen molar-refractivity contribution >= 4 is 39.6 Å². The molecule has 0 saturated carbocycles. The minimum absolute atomic E-state index is 0.193. The van der Waals surface area contributed by atoms with Gasteiger partial charge in [0, 0.05) is 44.5 Å². The summed E-state index contributed by atoms with van der Waals surface area (Å²) in [5.41, 5.74) is 3.81. The van der Waals surface area contributed by atoms with Crippen molar-refractivity contribution in [2.45, 2.75) is 33.8 Å². The number of hydrogen-bond acceptors (Lipinski definition) is 7. The van der Waals surface area contributed by atoms with Gasteiger partial charge in [0.25, 0.3) is 0 Å². The third kappa shape index (κ3) is 4.34. The summed E-state index contributed by atoms with van der Waals surface area (Å²) in [5, 5.41) is 6.70. The van der Waals surface area contributed by atoms with Crippen LogP contribution in [-0.2, 0) is 11.3 Å². The highest BCUT2D eigenvalue weighted by Gasteiger charge is 2.35. The fraction of sp³-hybridized carbons (Fsp3) is 0.478. The van der Waals surface area contributed by atoms with Crippen LogP contribution in [0.3, 0.4) is 0 Å². The molecule has 2 N–H and O–H groups in total. The summed E-state index contributed by atoms with van der Waals surface area (Å²) in [4.78, 5) is 28.9. The highest BCUT2D eigenvalue weighted by molar-refractivity contribution is 7.17. The number of thiazole rings is 1. The Kier molecular flexibility index (Phi) is 6.45. The van der Waals surface area contributed by atoms with Crippen molar-refractivity contribution in [3.63, 3.8) is 0 Å². The molecular weight excluding hydrogens is 424 g/mol. The number of allylic oxidation sites excluding steroid dienone is 2. The van der Waals surface area contributed by atoms with Crippen molar-refractivity contribution in [3.05, 3.63) is 40.2 Å². The number of carbonyl (C=O) groups excluding carboxylic acids is 1. The molecule has 2 aliphatic rings. The lowest BCUT2D eigenvalue weighted by molar-refractivity contribution is 0.208. The Morgan fingerprint density at radius 3 is 2.81 bits per heavy atom. The predicted molar refractivity (Wildman–Crippen MR) is 129 cm³/mol. The van der Waals surface area contributed by atoms with Crippen LogP contribution >= 0.6 is 11.3 Å². The normalized spacial score (nSPS) is 17.7. The summed E-state index contributed by atoms with van der Waals surface area (Å²) >= 11 is 1.52. The first-order valence-electron chi connectivity index (χ1n) is 11.0. The molecule has 1 atom stereocenters. The fourth-order valence-electron chi connectivity index (χ4n) is 4.01. The molecular formula is C23H30N6O2S. The van der Waals surface area contributed by atoms with E-state index in [0.717, 1.165) is 58.5 Å². The highest BCUT2D eigenvalue weighted by Crippen LogP contribution is 2.45. The molecule has 0 bridgehead atoms. The van der Waals surface area contributed by atoms with Crippen LogP contribution in [-0.4, -0.2) is 53.8 Å². The third-order valence-electron chi connectivity index (χ3n) is 5.66. The number of nitrogens with zero attached hydrogens (tertiary/aromatic N) is 4. The first-order chi connectivity index (χ1) is 15.4. The van der Waals surface area contributed by atoms with Crippen molar-refractivity contribution in [1.29, 1.82) is 0 Å². The zero-order valence-corrected chi connectivity index (χ0v) is 20.0. The molecule has 2 aromatic heterocycles. The maximum Gasteiger partial charge on any atom is 0.323 e. The van der Waals surface area contributed by atoms with E-state index in [1.807, 2.05) is 25.3 Å². The molecule has 1 unspecified atom stereocenters. The number of ether oxygens (including phenoxy) is 1. The highest BCUT2D eigenvalue weighted by atomic mass is 32.1. The number of nitrogens with one attached hydrogen (secondary N) is 2. The largest absolute Gasteiger partial charge is 0.485 e. The number of aliphatic imine (C=N–C) groups is 1.